The summed E-state index contributed by atoms with van der Waals surface area (Å²) >= 11 is 0. The van der Waals surface area contributed by atoms with Crippen molar-refractivity contribution in [2.75, 3.05) is 26.2 Å². The number of hydrogen-bond acceptors (Lipinski definition) is 4. The van der Waals surface area contributed by atoms with Gasteiger partial charge in [0.1, 0.15) is 5.75 Å². The number of likely N-dealkylation sites (tertiary alicyclic amines) is 1. The number of hydrogen-bond donors (Lipinski definition) is 2. The summed E-state index contributed by atoms with van der Waals surface area (Å²) in [7, 11) is 0. The Bertz CT molecular complexity index is 897. The minimum atomic E-state index is -4.41. The summed E-state index contributed by atoms with van der Waals surface area (Å²) in [6.45, 7) is 2.69. The number of carbonyl (C=O) groups excluding carboxylic acids is 2. The number of amides is 2. The third-order valence-electron chi connectivity index (χ3n) is 4.90. The number of aromatic nitrogens is 2. The molecule has 0 spiro atoms. The molecule has 2 heterocycles. The summed E-state index contributed by atoms with van der Waals surface area (Å²) in [5.74, 6) is -0.115. The molecule has 1 atom stereocenters. The van der Waals surface area contributed by atoms with Crippen LogP contribution in [0.25, 0.3) is 0 Å². The Morgan fingerprint density at radius 1 is 1.33 bits per heavy atom. The standard InChI is InChI=1S/C20H23F3N4O3/c1-13(28)24-11-19(29)27-7-5-14(12-27)18-10-16(25-26-18)6-8-30-17-4-2-3-15(9-17)20(21,22)23/h2-4,9-10,14H,5-8,11-12H2,1H3,(H,24,28)(H,25,26)/t14-/m0/s1. The lowest BCUT2D eigenvalue weighted by Crippen LogP contribution is -2.38. The first-order valence-corrected chi connectivity index (χ1v) is 9.59. The molecule has 1 aliphatic rings. The van der Waals surface area contributed by atoms with Gasteiger partial charge >= 0.3 is 6.18 Å². The molecule has 10 heteroatoms. The van der Waals surface area contributed by atoms with E-state index in [9.17, 15) is 22.8 Å². The molecule has 1 aromatic heterocycles. The fraction of sp³-hybridized carbons (Fsp3) is 0.450. The van der Waals surface area contributed by atoms with Gasteiger partial charge in [0, 0.05) is 38.0 Å². The Labute approximate surface area is 171 Å². The molecule has 162 valence electrons. The van der Waals surface area contributed by atoms with Gasteiger partial charge < -0.3 is 15.0 Å². The minimum absolute atomic E-state index is 0.0131. The van der Waals surface area contributed by atoms with E-state index in [4.69, 9.17) is 4.74 Å². The number of ether oxygens (including phenoxy) is 1. The lowest BCUT2D eigenvalue weighted by atomic mass is 10.0. The van der Waals surface area contributed by atoms with Crippen molar-refractivity contribution < 1.29 is 27.5 Å². The third-order valence-corrected chi connectivity index (χ3v) is 4.90. The zero-order valence-electron chi connectivity index (χ0n) is 16.5. The molecule has 1 saturated heterocycles. The number of nitrogens with zero attached hydrogens (tertiary/aromatic N) is 2. The molecule has 3 rings (SSSR count). The van der Waals surface area contributed by atoms with E-state index in [1.54, 1.807) is 4.90 Å². The van der Waals surface area contributed by atoms with Crippen LogP contribution in [-0.2, 0) is 22.2 Å². The van der Waals surface area contributed by atoms with Gasteiger partial charge in [0.25, 0.3) is 0 Å². The highest BCUT2D eigenvalue weighted by Gasteiger charge is 2.31. The van der Waals surface area contributed by atoms with Crippen LogP contribution in [0.15, 0.2) is 30.3 Å². The van der Waals surface area contributed by atoms with Crippen LogP contribution in [0, 0.1) is 0 Å². The lowest BCUT2D eigenvalue weighted by Gasteiger charge is -2.16. The van der Waals surface area contributed by atoms with Crippen molar-refractivity contribution in [1.29, 1.82) is 0 Å². The van der Waals surface area contributed by atoms with Gasteiger partial charge in [-0.25, -0.2) is 0 Å². The van der Waals surface area contributed by atoms with Crippen LogP contribution in [0.5, 0.6) is 5.75 Å². The minimum Gasteiger partial charge on any atom is -0.493 e. The van der Waals surface area contributed by atoms with Crippen LogP contribution in [0.1, 0.15) is 36.2 Å². The number of rotatable bonds is 7. The van der Waals surface area contributed by atoms with Gasteiger partial charge in [-0.1, -0.05) is 6.07 Å². The normalized spacial score (nSPS) is 16.5. The highest BCUT2D eigenvalue weighted by molar-refractivity contribution is 5.83. The Morgan fingerprint density at radius 3 is 2.87 bits per heavy atom. The van der Waals surface area contributed by atoms with Crippen molar-refractivity contribution in [3.05, 3.63) is 47.3 Å². The number of aromatic amines is 1. The SMILES string of the molecule is CC(=O)NCC(=O)N1CC[C@H](c2cc(CCOc3cccc(C(F)(F)F)c3)[nH]n2)C1. The Kier molecular flexibility index (Phi) is 6.63. The van der Waals surface area contributed by atoms with Gasteiger partial charge in [0.05, 0.1) is 24.4 Å². The fourth-order valence-electron chi connectivity index (χ4n) is 3.30. The second kappa shape index (κ2) is 9.19. The number of nitrogens with one attached hydrogen (secondary N) is 2. The largest absolute Gasteiger partial charge is 0.493 e. The van der Waals surface area contributed by atoms with E-state index in [1.165, 1.54) is 19.1 Å². The molecule has 2 N–H and O–H groups in total. The van der Waals surface area contributed by atoms with Crippen molar-refractivity contribution in [2.24, 2.45) is 0 Å². The first kappa shape index (κ1) is 21.7. The van der Waals surface area contributed by atoms with Gasteiger partial charge in [-0.3, -0.25) is 14.7 Å². The topological polar surface area (TPSA) is 87.3 Å². The highest BCUT2D eigenvalue weighted by Crippen LogP contribution is 2.31. The molecule has 2 aromatic rings. The fourth-order valence-corrected chi connectivity index (χ4v) is 3.30. The molecule has 0 saturated carbocycles. The van der Waals surface area contributed by atoms with E-state index in [1.807, 2.05) is 6.07 Å². The first-order chi connectivity index (χ1) is 14.2. The predicted octanol–water partition coefficient (Wildman–Crippen LogP) is 2.50. The number of benzene rings is 1. The van der Waals surface area contributed by atoms with Crippen LogP contribution in [0.3, 0.4) is 0 Å². The smallest absolute Gasteiger partial charge is 0.416 e. The van der Waals surface area contributed by atoms with Crippen LogP contribution in [-0.4, -0.2) is 53.2 Å². The first-order valence-electron chi connectivity index (χ1n) is 9.59. The summed E-state index contributed by atoms with van der Waals surface area (Å²) in [4.78, 5) is 24.7. The molecule has 1 fully saturated rings. The molecule has 0 bridgehead atoms. The molecule has 30 heavy (non-hydrogen) atoms. The summed E-state index contributed by atoms with van der Waals surface area (Å²) in [6, 6.07) is 6.66. The molecule has 0 unspecified atom stereocenters. The Balaban J connectivity index is 1.48. The number of H-pyrrole nitrogens is 1. The van der Waals surface area contributed by atoms with E-state index in [-0.39, 0.29) is 36.6 Å². The predicted molar refractivity (Wildman–Crippen MR) is 102 cm³/mol. The zero-order valence-corrected chi connectivity index (χ0v) is 16.5. The van der Waals surface area contributed by atoms with E-state index in [0.717, 1.165) is 29.9 Å². The highest BCUT2D eigenvalue weighted by atomic mass is 19.4. The summed E-state index contributed by atoms with van der Waals surface area (Å²) in [5.41, 5.74) is 0.890. The van der Waals surface area contributed by atoms with Gasteiger partial charge in [-0.05, 0) is 30.7 Å². The number of halogens is 3. The van der Waals surface area contributed by atoms with Crippen molar-refractivity contribution in [2.45, 2.75) is 31.9 Å². The third kappa shape index (κ3) is 5.74. The Hall–Kier alpha value is -3.04. The van der Waals surface area contributed by atoms with Crippen molar-refractivity contribution in [1.82, 2.24) is 20.4 Å². The summed E-state index contributed by atoms with van der Waals surface area (Å²) in [5, 5.41) is 9.72. The van der Waals surface area contributed by atoms with E-state index in [2.05, 4.69) is 15.5 Å². The maximum Gasteiger partial charge on any atom is 0.416 e. The van der Waals surface area contributed by atoms with E-state index < -0.39 is 11.7 Å². The van der Waals surface area contributed by atoms with Gasteiger partial charge in [-0.15, -0.1) is 0 Å². The lowest BCUT2D eigenvalue weighted by molar-refractivity contribution is -0.137. The van der Waals surface area contributed by atoms with Crippen LogP contribution in [0.4, 0.5) is 13.2 Å². The summed E-state index contributed by atoms with van der Waals surface area (Å²) in [6.07, 6.45) is -3.17. The van der Waals surface area contributed by atoms with Crippen LogP contribution in [0.2, 0.25) is 0 Å². The zero-order chi connectivity index (χ0) is 21.7. The van der Waals surface area contributed by atoms with E-state index >= 15 is 0 Å². The molecule has 7 nitrogen and oxygen atoms in total. The number of carbonyl (C=O) groups is 2. The maximum atomic E-state index is 12.7. The van der Waals surface area contributed by atoms with Crippen LogP contribution >= 0.6 is 0 Å². The molecular weight excluding hydrogens is 401 g/mol. The average molecular weight is 424 g/mol. The van der Waals surface area contributed by atoms with Gasteiger partial charge in [-0.2, -0.15) is 18.3 Å². The van der Waals surface area contributed by atoms with Gasteiger partial charge in [0.15, 0.2) is 0 Å². The summed E-state index contributed by atoms with van der Waals surface area (Å²) < 4.78 is 43.7. The van der Waals surface area contributed by atoms with E-state index in [0.29, 0.717) is 19.5 Å². The van der Waals surface area contributed by atoms with Gasteiger partial charge in [0.2, 0.25) is 11.8 Å². The molecular formula is C20H23F3N4O3. The van der Waals surface area contributed by atoms with Crippen molar-refractivity contribution in [3.8, 4) is 5.75 Å². The van der Waals surface area contributed by atoms with Crippen molar-refractivity contribution in [3.63, 3.8) is 0 Å². The van der Waals surface area contributed by atoms with Crippen molar-refractivity contribution >= 4 is 11.8 Å². The average Bonchev–Trinajstić information content (AvgIpc) is 3.35. The molecule has 0 aliphatic carbocycles. The number of alkyl halides is 3. The quantitative estimate of drug-likeness (QED) is 0.715. The molecule has 1 aliphatic heterocycles. The Morgan fingerprint density at radius 2 is 2.13 bits per heavy atom. The molecule has 0 radical (unpaired) electrons. The van der Waals surface area contributed by atoms with Crippen LogP contribution < -0.4 is 10.1 Å². The monoisotopic (exact) mass is 424 g/mol. The molecule has 1 aromatic carbocycles. The molecule has 2 amide bonds. The second-order valence-corrected chi connectivity index (χ2v) is 7.18. The second-order valence-electron chi connectivity index (χ2n) is 7.18. The maximum absolute atomic E-state index is 12.7.